The molecule has 0 saturated carbocycles. The Hall–Kier alpha value is -3.20. The van der Waals surface area contributed by atoms with Gasteiger partial charge in [-0.25, -0.2) is 0 Å². The molecule has 2 rings (SSSR count). The molecule has 0 aliphatic rings. The van der Waals surface area contributed by atoms with Gasteiger partial charge in [0.15, 0.2) is 5.78 Å². The zero-order chi connectivity index (χ0) is 15.4. The molecule has 0 heterocycles. The molecule has 21 heavy (non-hydrogen) atoms. The Morgan fingerprint density at radius 2 is 2.05 bits per heavy atom. The molecule has 0 N–H and O–H groups in total. The Labute approximate surface area is 120 Å². The predicted octanol–water partition coefficient (Wildman–Crippen LogP) is 3.46. The fourth-order valence-corrected chi connectivity index (χ4v) is 1.75. The molecule has 6 nitrogen and oxygen atoms in total. The fraction of sp³-hybridized carbons (Fsp3) is 0.0667. The number of hydrogen-bond donors (Lipinski definition) is 0. The first-order chi connectivity index (χ1) is 10.0. The largest absolute Gasteiger partial charge is 0.457 e. The van der Waals surface area contributed by atoms with E-state index >= 15 is 0 Å². The average Bonchev–Trinajstić information content (AvgIpc) is 2.47. The van der Waals surface area contributed by atoms with Gasteiger partial charge in [-0.1, -0.05) is 6.07 Å². The van der Waals surface area contributed by atoms with Crippen LogP contribution >= 0.6 is 0 Å². The van der Waals surface area contributed by atoms with Crippen molar-refractivity contribution in [3.8, 4) is 17.6 Å². The summed E-state index contributed by atoms with van der Waals surface area (Å²) in [6.07, 6.45) is 0. The summed E-state index contributed by atoms with van der Waals surface area (Å²) in [7, 11) is 0. The molecule has 0 atom stereocenters. The summed E-state index contributed by atoms with van der Waals surface area (Å²) in [4.78, 5) is 21.8. The van der Waals surface area contributed by atoms with Crippen LogP contribution in [0.5, 0.6) is 11.5 Å². The van der Waals surface area contributed by atoms with Gasteiger partial charge < -0.3 is 4.74 Å². The van der Waals surface area contributed by atoms with Crippen LogP contribution in [0.3, 0.4) is 0 Å². The van der Waals surface area contributed by atoms with Gasteiger partial charge in [-0.05, 0) is 31.2 Å². The number of hydrogen-bond acceptors (Lipinski definition) is 5. The Balaban J connectivity index is 2.41. The van der Waals surface area contributed by atoms with Crippen molar-refractivity contribution in [1.82, 2.24) is 0 Å². The molecule has 0 amide bonds. The minimum absolute atomic E-state index is 0.117. The third kappa shape index (κ3) is 3.22. The van der Waals surface area contributed by atoms with Crippen LogP contribution in [0.4, 0.5) is 5.69 Å². The van der Waals surface area contributed by atoms with Crippen LogP contribution in [-0.2, 0) is 0 Å². The second-order valence-corrected chi connectivity index (χ2v) is 4.24. The van der Waals surface area contributed by atoms with Crippen LogP contribution in [-0.4, -0.2) is 10.7 Å². The van der Waals surface area contributed by atoms with E-state index in [4.69, 9.17) is 10.00 Å². The fourth-order valence-electron chi connectivity index (χ4n) is 1.75. The number of ketones is 1. The monoisotopic (exact) mass is 282 g/mol. The highest BCUT2D eigenvalue weighted by molar-refractivity contribution is 5.97. The highest BCUT2D eigenvalue weighted by Crippen LogP contribution is 2.29. The summed E-state index contributed by atoms with van der Waals surface area (Å²) in [5, 5.41) is 19.6. The van der Waals surface area contributed by atoms with E-state index < -0.39 is 4.92 Å². The summed E-state index contributed by atoms with van der Waals surface area (Å²) < 4.78 is 5.55. The first kappa shape index (κ1) is 14.2. The van der Waals surface area contributed by atoms with Crippen molar-refractivity contribution in [1.29, 1.82) is 5.26 Å². The van der Waals surface area contributed by atoms with Crippen molar-refractivity contribution >= 4 is 11.5 Å². The maximum atomic E-state index is 11.6. The minimum Gasteiger partial charge on any atom is -0.457 e. The SMILES string of the molecule is CC(=O)c1cc([N+](=O)[O-])ccc1Oc1cccc(C#N)c1. The number of carbonyl (C=O) groups is 1. The van der Waals surface area contributed by atoms with Gasteiger partial charge in [0.05, 0.1) is 22.1 Å². The van der Waals surface area contributed by atoms with Crippen molar-refractivity contribution in [3.63, 3.8) is 0 Å². The lowest BCUT2D eigenvalue weighted by atomic mass is 10.1. The van der Waals surface area contributed by atoms with Gasteiger partial charge in [-0.3, -0.25) is 14.9 Å². The standard InChI is InChI=1S/C15H10N2O4/c1-10(18)14-8-12(17(19)20)5-6-15(14)21-13-4-2-3-11(7-13)9-16/h2-8H,1H3. The van der Waals surface area contributed by atoms with E-state index in [1.807, 2.05) is 6.07 Å². The maximum Gasteiger partial charge on any atom is 0.270 e. The average molecular weight is 282 g/mol. The predicted molar refractivity (Wildman–Crippen MR) is 74.3 cm³/mol. The van der Waals surface area contributed by atoms with E-state index in [9.17, 15) is 14.9 Å². The first-order valence-corrected chi connectivity index (χ1v) is 5.98. The van der Waals surface area contributed by atoms with Crippen molar-refractivity contribution in [3.05, 3.63) is 63.7 Å². The first-order valence-electron chi connectivity index (χ1n) is 5.98. The molecule has 0 fully saturated rings. The van der Waals surface area contributed by atoms with Crippen molar-refractivity contribution in [2.24, 2.45) is 0 Å². The van der Waals surface area contributed by atoms with Crippen LogP contribution in [0.25, 0.3) is 0 Å². The molecule has 0 aromatic heterocycles. The number of nitriles is 1. The van der Waals surface area contributed by atoms with Gasteiger partial charge in [0.1, 0.15) is 11.5 Å². The van der Waals surface area contributed by atoms with Crippen LogP contribution in [0.1, 0.15) is 22.8 Å². The second-order valence-electron chi connectivity index (χ2n) is 4.24. The number of carbonyl (C=O) groups excluding carboxylic acids is 1. The van der Waals surface area contributed by atoms with Gasteiger partial charge in [-0.15, -0.1) is 0 Å². The van der Waals surface area contributed by atoms with Crippen LogP contribution in [0.2, 0.25) is 0 Å². The van der Waals surface area contributed by atoms with Crippen LogP contribution in [0, 0.1) is 21.4 Å². The third-order valence-corrected chi connectivity index (χ3v) is 2.74. The zero-order valence-electron chi connectivity index (χ0n) is 11.1. The summed E-state index contributed by atoms with van der Waals surface area (Å²) in [6.45, 7) is 1.30. The summed E-state index contributed by atoms with van der Waals surface area (Å²) >= 11 is 0. The minimum atomic E-state index is -0.577. The third-order valence-electron chi connectivity index (χ3n) is 2.74. The Morgan fingerprint density at radius 1 is 1.29 bits per heavy atom. The number of non-ortho nitro benzene ring substituents is 1. The number of nitrogens with zero attached hydrogens (tertiary/aromatic N) is 2. The Kier molecular flexibility index (Phi) is 3.95. The Morgan fingerprint density at radius 3 is 2.67 bits per heavy atom. The van der Waals surface area contributed by atoms with Crippen LogP contribution in [0.15, 0.2) is 42.5 Å². The highest BCUT2D eigenvalue weighted by atomic mass is 16.6. The molecule has 2 aromatic carbocycles. The molecule has 6 heteroatoms. The lowest BCUT2D eigenvalue weighted by Gasteiger charge is -2.09. The van der Waals surface area contributed by atoms with E-state index in [0.29, 0.717) is 11.3 Å². The number of rotatable bonds is 4. The summed E-state index contributed by atoms with van der Waals surface area (Å²) in [6, 6.07) is 12.2. The molecule has 0 bridgehead atoms. The van der Waals surface area contributed by atoms with E-state index in [0.717, 1.165) is 0 Å². The normalized spacial score (nSPS) is 9.71. The number of nitro benzene ring substituents is 1. The molecular weight excluding hydrogens is 272 g/mol. The smallest absolute Gasteiger partial charge is 0.270 e. The number of benzene rings is 2. The van der Waals surface area contributed by atoms with Gasteiger partial charge in [-0.2, -0.15) is 5.26 Å². The lowest BCUT2D eigenvalue weighted by Crippen LogP contribution is -1.99. The van der Waals surface area contributed by atoms with E-state index in [2.05, 4.69) is 0 Å². The molecule has 0 unspecified atom stereocenters. The topological polar surface area (TPSA) is 93.2 Å². The van der Waals surface area contributed by atoms with Crippen molar-refractivity contribution in [2.75, 3.05) is 0 Å². The molecule has 104 valence electrons. The molecule has 0 aliphatic heterocycles. The van der Waals surface area contributed by atoms with E-state index in [-0.39, 0.29) is 22.8 Å². The second kappa shape index (κ2) is 5.84. The summed E-state index contributed by atoms with van der Waals surface area (Å²) in [5.74, 6) is 0.249. The number of ether oxygens (including phenoxy) is 1. The summed E-state index contributed by atoms with van der Waals surface area (Å²) in [5.41, 5.74) is 0.351. The Bertz CT molecular complexity index is 763. The van der Waals surface area contributed by atoms with E-state index in [1.165, 1.54) is 31.2 Å². The number of Topliss-reactive ketones (excluding diaryl/α,β-unsaturated/α-hetero) is 1. The molecule has 0 aliphatic carbocycles. The van der Waals surface area contributed by atoms with Gasteiger partial charge in [0.25, 0.3) is 5.69 Å². The molecular formula is C15H10N2O4. The quantitative estimate of drug-likeness (QED) is 0.486. The van der Waals surface area contributed by atoms with Crippen LogP contribution < -0.4 is 4.74 Å². The van der Waals surface area contributed by atoms with Gasteiger partial charge in [0, 0.05) is 12.1 Å². The molecule has 0 radical (unpaired) electrons. The van der Waals surface area contributed by atoms with Crippen molar-refractivity contribution < 1.29 is 14.5 Å². The zero-order valence-corrected chi connectivity index (χ0v) is 11.1. The lowest BCUT2D eigenvalue weighted by molar-refractivity contribution is -0.384. The van der Waals surface area contributed by atoms with E-state index in [1.54, 1.807) is 18.2 Å². The molecule has 2 aromatic rings. The number of nitro groups is 1. The molecule has 0 saturated heterocycles. The maximum absolute atomic E-state index is 11.6. The molecule has 0 spiro atoms. The highest BCUT2D eigenvalue weighted by Gasteiger charge is 2.15. The van der Waals surface area contributed by atoms with Gasteiger partial charge in [0.2, 0.25) is 0 Å². The van der Waals surface area contributed by atoms with Crippen molar-refractivity contribution in [2.45, 2.75) is 6.92 Å². The van der Waals surface area contributed by atoms with Gasteiger partial charge >= 0.3 is 0 Å².